The molecule has 1 aliphatic rings. The second-order valence-corrected chi connectivity index (χ2v) is 7.10. The van der Waals surface area contributed by atoms with Gasteiger partial charge >= 0.3 is 0 Å². The van der Waals surface area contributed by atoms with E-state index in [2.05, 4.69) is 46.4 Å². The number of benzene rings is 1. The molecule has 1 aliphatic heterocycles. The molecule has 4 heteroatoms. The highest BCUT2D eigenvalue weighted by molar-refractivity contribution is 5.29. The largest absolute Gasteiger partial charge is 0.494 e. The van der Waals surface area contributed by atoms with E-state index in [9.17, 15) is 0 Å². The maximum atomic E-state index is 5.90. The van der Waals surface area contributed by atoms with Crippen molar-refractivity contribution in [2.24, 2.45) is 0 Å². The minimum absolute atomic E-state index is 0.283. The van der Waals surface area contributed by atoms with Crippen LogP contribution in [0.15, 0.2) is 48.7 Å². The van der Waals surface area contributed by atoms with Gasteiger partial charge in [-0.3, -0.25) is 4.98 Å². The monoisotopic (exact) mass is 353 g/mol. The van der Waals surface area contributed by atoms with E-state index >= 15 is 0 Å². The van der Waals surface area contributed by atoms with Gasteiger partial charge in [0.1, 0.15) is 5.75 Å². The van der Waals surface area contributed by atoms with Crippen LogP contribution in [0.4, 0.5) is 0 Å². The lowest BCUT2D eigenvalue weighted by Crippen LogP contribution is -2.31. The first-order valence-corrected chi connectivity index (χ1v) is 9.90. The molecule has 0 amide bonds. The first kappa shape index (κ1) is 18.9. The summed E-state index contributed by atoms with van der Waals surface area (Å²) in [6.45, 7) is 7.43. The third kappa shape index (κ3) is 6.11. The van der Waals surface area contributed by atoms with Gasteiger partial charge < -0.3 is 15.0 Å². The fourth-order valence-corrected chi connectivity index (χ4v) is 3.39. The third-order valence-electron chi connectivity index (χ3n) is 5.03. The smallest absolute Gasteiger partial charge is 0.119 e. The Bertz CT molecular complexity index is 624. The van der Waals surface area contributed by atoms with Crippen molar-refractivity contribution < 1.29 is 4.74 Å². The number of likely N-dealkylation sites (tertiary alicyclic amines) is 1. The van der Waals surface area contributed by atoms with Gasteiger partial charge in [0.2, 0.25) is 0 Å². The van der Waals surface area contributed by atoms with Crippen molar-refractivity contribution in [2.45, 2.75) is 45.2 Å². The van der Waals surface area contributed by atoms with Crippen LogP contribution < -0.4 is 10.1 Å². The van der Waals surface area contributed by atoms with Crippen molar-refractivity contribution >= 4 is 0 Å². The normalized spacial score (nSPS) is 16.3. The van der Waals surface area contributed by atoms with E-state index in [0.29, 0.717) is 0 Å². The molecule has 2 aromatic rings. The van der Waals surface area contributed by atoms with E-state index in [4.69, 9.17) is 4.74 Å². The zero-order valence-corrected chi connectivity index (χ0v) is 15.9. The standard InChI is InChI=1S/C22H31N3O/c1-19(24-18-21-8-3-4-13-23-21)20-9-11-22(12-10-20)26-17-7-16-25-14-5-2-6-15-25/h3-4,8-13,19,24H,2,5-7,14-18H2,1H3. The topological polar surface area (TPSA) is 37.4 Å². The highest BCUT2D eigenvalue weighted by Crippen LogP contribution is 2.18. The Morgan fingerprint density at radius 2 is 1.88 bits per heavy atom. The van der Waals surface area contributed by atoms with Crippen molar-refractivity contribution in [1.29, 1.82) is 0 Å². The molecule has 1 fully saturated rings. The van der Waals surface area contributed by atoms with Crippen molar-refractivity contribution in [3.05, 3.63) is 59.9 Å². The van der Waals surface area contributed by atoms with Crippen LogP contribution in [0.25, 0.3) is 0 Å². The summed E-state index contributed by atoms with van der Waals surface area (Å²) in [5.41, 5.74) is 2.33. The molecule has 2 heterocycles. The number of ether oxygens (including phenoxy) is 1. The lowest BCUT2D eigenvalue weighted by atomic mass is 10.1. The Morgan fingerprint density at radius 1 is 1.08 bits per heavy atom. The highest BCUT2D eigenvalue weighted by atomic mass is 16.5. The number of nitrogens with zero attached hydrogens (tertiary/aromatic N) is 2. The summed E-state index contributed by atoms with van der Waals surface area (Å²) in [6, 6.07) is 14.7. The van der Waals surface area contributed by atoms with E-state index in [1.54, 1.807) is 0 Å². The predicted octanol–water partition coefficient (Wildman–Crippen LogP) is 4.19. The average molecular weight is 354 g/mol. The quantitative estimate of drug-likeness (QED) is 0.686. The van der Waals surface area contributed by atoms with Gasteiger partial charge in [-0.25, -0.2) is 0 Å². The number of hydrogen-bond donors (Lipinski definition) is 1. The third-order valence-corrected chi connectivity index (χ3v) is 5.03. The first-order valence-electron chi connectivity index (χ1n) is 9.90. The fraction of sp³-hybridized carbons (Fsp3) is 0.500. The van der Waals surface area contributed by atoms with Crippen LogP contribution in [0.3, 0.4) is 0 Å². The number of nitrogens with one attached hydrogen (secondary N) is 1. The van der Waals surface area contributed by atoms with E-state index in [0.717, 1.165) is 37.6 Å². The second kappa shape index (κ2) is 10.3. The Morgan fingerprint density at radius 3 is 2.62 bits per heavy atom. The second-order valence-electron chi connectivity index (χ2n) is 7.10. The zero-order valence-electron chi connectivity index (χ0n) is 15.9. The van der Waals surface area contributed by atoms with Gasteiger partial charge in [0.25, 0.3) is 0 Å². The molecule has 1 aromatic carbocycles. The molecule has 3 rings (SSSR count). The van der Waals surface area contributed by atoms with E-state index in [1.165, 1.54) is 37.9 Å². The summed E-state index contributed by atoms with van der Waals surface area (Å²) < 4.78 is 5.90. The number of hydrogen-bond acceptors (Lipinski definition) is 4. The first-order chi connectivity index (χ1) is 12.8. The van der Waals surface area contributed by atoms with Crippen LogP contribution >= 0.6 is 0 Å². The molecule has 140 valence electrons. The SMILES string of the molecule is CC(NCc1ccccn1)c1ccc(OCCCN2CCCCC2)cc1. The van der Waals surface area contributed by atoms with Crippen LogP contribution in [-0.2, 0) is 6.54 Å². The van der Waals surface area contributed by atoms with Crippen molar-refractivity contribution in [2.75, 3.05) is 26.2 Å². The minimum atomic E-state index is 0.283. The zero-order chi connectivity index (χ0) is 18.0. The van der Waals surface area contributed by atoms with E-state index < -0.39 is 0 Å². The average Bonchev–Trinajstić information content (AvgIpc) is 2.71. The molecule has 1 N–H and O–H groups in total. The van der Waals surface area contributed by atoms with Gasteiger partial charge in [-0.05, 0) is 69.1 Å². The molecule has 1 atom stereocenters. The van der Waals surface area contributed by atoms with Crippen LogP contribution in [0.5, 0.6) is 5.75 Å². The lowest BCUT2D eigenvalue weighted by molar-refractivity contribution is 0.205. The predicted molar refractivity (Wildman–Crippen MR) is 106 cm³/mol. The number of rotatable bonds is 9. The summed E-state index contributed by atoms with van der Waals surface area (Å²) in [4.78, 5) is 6.91. The van der Waals surface area contributed by atoms with Gasteiger partial charge in [-0.2, -0.15) is 0 Å². The maximum Gasteiger partial charge on any atom is 0.119 e. The summed E-state index contributed by atoms with van der Waals surface area (Å²) in [5.74, 6) is 0.962. The Kier molecular flexibility index (Phi) is 7.47. The molecular formula is C22H31N3O. The molecule has 1 aromatic heterocycles. The Balaban J connectivity index is 1.37. The molecule has 0 bridgehead atoms. The molecule has 0 saturated carbocycles. The van der Waals surface area contributed by atoms with Crippen LogP contribution in [0, 0.1) is 0 Å². The molecule has 4 nitrogen and oxygen atoms in total. The highest BCUT2D eigenvalue weighted by Gasteiger charge is 2.09. The van der Waals surface area contributed by atoms with Gasteiger partial charge in [0.05, 0.1) is 12.3 Å². The number of pyridine rings is 1. The fourth-order valence-electron chi connectivity index (χ4n) is 3.39. The van der Waals surface area contributed by atoms with Gasteiger partial charge in [-0.15, -0.1) is 0 Å². The molecule has 0 radical (unpaired) electrons. The van der Waals surface area contributed by atoms with Crippen LogP contribution in [-0.4, -0.2) is 36.1 Å². The summed E-state index contributed by atoms with van der Waals surface area (Å²) in [7, 11) is 0. The minimum Gasteiger partial charge on any atom is -0.494 e. The Labute approximate surface area is 157 Å². The molecule has 1 saturated heterocycles. The Hall–Kier alpha value is -1.91. The van der Waals surface area contributed by atoms with Gasteiger partial charge in [-0.1, -0.05) is 24.6 Å². The summed E-state index contributed by atoms with van der Waals surface area (Å²) >= 11 is 0. The van der Waals surface area contributed by atoms with Crippen molar-refractivity contribution in [1.82, 2.24) is 15.2 Å². The molecular weight excluding hydrogens is 322 g/mol. The molecule has 1 unspecified atom stereocenters. The summed E-state index contributed by atoms with van der Waals surface area (Å²) in [6.07, 6.45) is 7.04. The maximum absolute atomic E-state index is 5.90. The van der Waals surface area contributed by atoms with E-state index in [-0.39, 0.29) is 6.04 Å². The van der Waals surface area contributed by atoms with Crippen LogP contribution in [0.2, 0.25) is 0 Å². The van der Waals surface area contributed by atoms with Crippen molar-refractivity contribution in [3.63, 3.8) is 0 Å². The number of piperidine rings is 1. The molecule has 0 aliphatic carbocycles. The van der Waals surface area contributed by atoms with Gasteiger partial charge in [0, 0.05) is 25.3 Å². The lowest BCUT2D eigenvalue weighted by Gasteiger charge is -2.26. The molecule has 0 spiro atoms. The summed E-state index contributed by atoms with van der Waals surface area (Å²) in [5, 5.41) is 3.51. The number of aromatic nitrogens is 1. The van der Waals surface area contributed by atoms with Gasteiger partial charge in [0.15, 0.2) is 0 Å². The van der Waals surface area contributed by atoms with E-state index in [1.807, 2.05) is 24.4 Å². The van der Waals surface area contributed by atoms with Crippen LogP contribution in [0.1, 0.15) is 49.9 Å². The van der Waals surface area contributed by atoms with Crippen molar-refractivity contribution in [3.8, 4) is 5.75 Å². The molecule has 26 heavy (non-hydrogen) atoms.